The zero-order valence-corrected chi connectivity index (χ0v) is 15.2. The lowest BCUT2D eigenvalue weighted by molar-refractivity contribution is -0.00676. The van der Waals surface area contributed by atoms with E-state index in [4.69, 9.17) is 0 Å². The van der Waals surface area contributed by atoms with Gasteiger partial charge in [-0.15, -0.1) is 0 Å². The second kappa shape index (κ2) is 7.54. The van der Waals surface area contributed by atoms with Crippen molar-refractivity contribution in [1.82, 2.24) is 24.5 Å². The summed E-state index contributed by atoms with van der Waals surface area (Å²) in [6.45, 7) is 8.89. The van der Waals surface area contributed by atoms with Crippen LogP contribution in [-0.4, -0.2) is 82.4 Å². The van der Waals surface area contributed by atoms with E-state index in [-0.39, 0.29) is 0 Å². The van der Waals surface area contributed by atoms with Gasteiger partial charge < -0.3 is 0 Å². The summed E-state index contributed by atoms with van der Waals surface area (Å²) < 4.78 is 2.00. The first-order valence-electron chi connectivity index (χ1n) is 9.97. The molecule has 0 N–H and O–H groups in total. The van der Waals surface area contributed by atoms with Crippen molar-refractivity contribution in [2.24, 2.45) is 7.05 Å². The third kappa shape index (κ3) is 3.68. The fourth-order valence-electron chi connectivity index (χ4n) is 4.79. The van der Waals surface area contributed by atoms with Crippen LogP contribution >= 0.6 is 0 Å². The van der Waals surface area contributed by atoms with Crippen LogP contribution in [0.25, 0.3) is 0 Å². The van der Waals surface area contributed by atoms with Gasteiger partial charge >= 0.3 is 0 Å². The molecule has 4 rings (SSSR count). The standard InChI is InChI=1S/C19H33N5/c1-21-17(7-9-20-21)8-10-22-15-19(16-22)24-13-11-23(12-14-24)18-5-3-2-4-6-18/h7,9,18-19H,2-6,8,10-16H2,1H3. The Bertz CT molecular complexity index is 508. The average Bonchev–Trinajstić information content (AvgIpc) is 3.00. The van der Waals surface area contributed by atoms with Crippen molar-refractivity contribution in [3.63, 3.8) is 0 Å². The van der Waals surface area contributed by atoms with E-state index >= 15 is 0 Å². The van der Waals surface area contributed by atoms with Crippen molar-refractivity contribution in [3.05, 3.63) is 18.0 Å². The molecule has 3 aliphatic rings. The molecule has 1 aromatic heterocycles. The van der Waals surface area contributed by atoms with E-state index in [1.165, 1.54) is 83.6 Å². The van der Waals surface area contributed by atoms with E-state index in [1.54, 1.807) is 0 Å². The molecule has 134 valence electrons. The Balaban J connectivity index is 1.15. The van der Waals surface area contributed by atoms with Gasteiger partial charge in [0.05, 0.1) is 0 Å². The maximum absolute atomic E-state index is 4.26. The van der Waals surface area contributed by atoms with Crippen molar-refractivity contribution in [3.8, 4) is 0 Å². The van der Waals surface area contributed by atoms with Gasteiger partial charge in [-0.2, -0.15) is 5.10 Å². The minimum absolute atomic E-state index is 0.810. The fourth-order valence-corrected chi connectivity index (χ4v) is 4.79. The highest BCUT2D eigenvalue weighted by Crippen LogP contribution is 2.25. The molecule has 0 unspecified atom stereocenters. The predicted molar refractivity (Wildman–Crippen MR) is 97.2 cm³/mol. The summed E-state index contributed by atoms with van der Waals surface area (Å²) in [6, 6.07) is 3.85. The van der Waals surface area contributed by atoms with E-state index in [1.807, 2.05) is 17.9 Å². The zero-order valence-electron chi connectivity index (χ0n) is 15.2. The lowest BCUT2D eigenvalue weighted by Gasteiger charge is -2.49. The first-order valence-corrected chi connectivity index (χ1v) is 9.97. The van der Waals surface area contributed by atoms with Crippen molar-refractivity contribution < 1.29 is 0 Å². The topological polar surface area (TPSA) is 27.5 Å². The minimum atomic E-state index is 0.810. The maximum Gasteiger partial charge on any atom is 0.0492 e. The molecule has 0 atom stereocenters. The Morgan fingerprint density at radius 1 is 0.958 bits per heavy atom. The van der Waals surface area contributed by atoms with Crippen molar-refractivity contribution in [2.75, 3.05) is 45.8 Å². The summed E-state index contributed by atoms with van der Waals surface area (Å²) in [5.74, 6) is 0. The third-order valence-corrected chi connectivity index (χ3v) is 6.50. The SMILES string of the molecule is Cn1nccc1CCN1CC(N2CCN(C3CCCCC3)CC2)C1. The smallest absolute Gasteiger partial charge is 0.0492 e. The molecule has 3 heterocycles. The molecule has 2 aliphatic heterocycles. The molecule has 1 saturated carbocycles. The average molecular weight is 332 g/mol. The third-order valence-electron chi connectivity index (χ3n) is 6.50. The Kier molecular flexibility index (Phi) is 5.20. The molecule has 0 spiro atoms. The number of rotatable bonds is 5. The molecule has 2 saturated heterocycles. The predicted octanol–water partition coefficient (Wildman–Crippen LogP) is 1.60. The Labute approximate surface area is 146 Å². The summed E-state index contributed by atoms with van der Waals surface area (Å²) in [5, 5.41) is 4.26. The van der Waals surface area contributed by atoms with Gasteiger partial charge in [-0.25, -0.2) is 0 Å². The number of aryl methyl sites for hydroxylation is 1. The van der Waals surface area contributed by atoms with E-state index in [0.717, 1.165) is 18.5 Å². The van der Waals surface area contributed by atoms with Crippen LogP contribution in [0.5, 0.6) is 0 Å². The first kappa shape index (κ1) is 16.6. The molecular weight excluding hydrogens is 298 g/mol. The van der Waals surface area contributed by atoms with Gasteiger partial charge in [-0.3, -0.25) is 19.4 Å². The van der Waals surface area contributed by atoms with Crippen LogP contribution in [0.1, 0.15) is 37.8 Å². The fraction of sp³-hybridized carbons (Fsp3) is 0.842. The molecule has 1 aromatic rings. The van der Waals surface area contributed by atoms with Gasteiger partial charge in [0.15, 0.2) is 0 Å². The molecule has 0 radical (unpaired) electrons. The second-order valence-electron chi connectivity index (χ2n) is 7.97. The molecule has 5 heteroatoms. The molecule has 0 aromatic carbocycles. The van der Waals surface area contributed by atoms with Gasteiger partial charge in [-0.05, 0) is 18.9 Å². The molecule has 1 aliphatic carbocycles. The number of nitrogens with zero attached hydrogens (tertiary/aromatic N) is 5. The molecule has 5 nitrogen and oxygen atoms in total. The largest absolute Gasteiger partial charge is 0.300 e. The number of piperazine rings is 1. The molecule has 0 bridgehead atoms. The van der Waals surface area contributed by atoms with Gasteiger partial charge in [0, 0.05) is 83.3 Å². The Hall–Kier alpha value is -0.910. The van der Waals surface area contributed by atoms with Crippen molar-refractivity contribution in [2.45, 2.75) is 50.6 Å². The van der Waals surface area contributed by atoms with Gasteiger partial charge in [0.25, 0.3) is 0 Å². The normalized spacial score (nSPS) is 25.9. The zero-order chi connectivity index (χ0) is 16.4. The highest BCUT2D eigenvalue weighted by Gasteiger charge is 2.34. The van der Waals surface area contributed by atoms with E-state index in [9.17, 15) is 0 Å². The number of aromatic nitrogens is 2. The van der Waals surface area contributed by atoms with E-state index in [2.05, 4.69) is 25.9 Å². The summed E-state index contributed by atoms with van der Waals surface area (Å²) in [5.41, 5.74) is 1.35. The number of hydrogen-bond acceptors (Lipinski definition) is 4. The van der Waals surface area contributed by atoms with Gasteiger partial charge in [-0.1, -0.05) is 19.3 Å². The van der Waals surface area contributed by atoms with Crippen LogP contribution in [0.15, 0.2) is 12.3 Å². The van der Waals surface area contributed by atoms with Crippen LogP contribution in [0, 0.1) is 0 Å². The molecule has 3 fully saturated rings. The van der Waals surface area contributed by atoms with E-state index in [0.29, 0.717) is 0 Å². The van der Waals surface area contributed by atoms with Crippen LogP contribution in [0.2, 0.25) is 0 Å². The minimum Gasteiger partial charge on any atom is -0.300 e. The molecular formula is C19H33N5. The highest BCUT2D eigenvalue weighted by molar-refractivity contribution is 5.01. The summed E-state index contributed by atoms with van der Waals surface area (Å²) in [6.07, 6.45) is 10.3. The summed E-state index contributed by atoms with van der Waals surface area (Å²) in [7, 11) is 2.04. The van der Waals surface area contributed by atoms with E-state index < -0.39 is 0 Å². The van der Waals surface area contributed by atoms with Crippen molar-refractivity contribution in [1.29, 1.82) is 0 Å². The summed E-state index contributed by atoms with van der Waals surface area (Å²) in [4.78, 5) is 8.14. The summed E-state index contributed by atoms with van der Waals surface area (Å²) >= 11 is 0. The van der Waals surface area contributed by atoms with Crippen molar-refractivity contribution >= 4 is 0 Å². The molecule has 0 amide bonds. The lowest BCUT2D eigenvalue weighted by atomic mass is 9.93. The number of likely N-dealkylation sites (tertiary alicyclic amines) is 1. The monoisotopic (exact) mass is 331 g/mol. The van der Waals surface area contributed by atoms with Crippen LogP contribution in [0.4, 0.5) is 0 Å². The number of hydrogen-bond donors (Lipinski definition) is 0. The van der Waals surface area contributed by atoms with Crippen LogP contribution < -0.4 is 0 Å². The van der Waals surface area contributed by atoms with Gasteiger partial charge in [0.1, 0.15) is 0 Å². The Morgan fingerprint density at radius 3 is 2.25 bits per heavy atom. The van der Waals surface area contributed by atoms with Crippen LogP contribution in [-0.2, 0) is 13.5 Å². The quantitative estimate of drug-likeness (QED) is 0.819. The lowest BCUT2D eigenvalue weighted by Crippen LogP contribution is -2.63. The second-order valence-corrected chi connectivity index (χ2v) is 7.97. The highest BCUT2D eigenvalue weighted by atomic mass is 15.4. The van der Waals surface area contributed by atoms with Gasteiger partial charge in [0.2, 0.25) is 0 Å². The maximum atomic E-state index is 4.26. The Morgan fingerprint density at radius 2 is 1.62 bits per heavy atom. The first-order chi connectivity index (χ1) is 11.8. The molecule has 24 heavy (non-hydrogen) atoms. The van der Waals surface area contributed by atoms with Crippen LogP contribution in [0.3, 0.4) is 0 Å².